The number of aliphatic hydroxyl groups excluding tert-OH is 1. The number of phosphoric acid groups is 1. The molecule has 0 rings (SSSR count). The number of likely N-dealkylation sites (N-methyl/N-ethyl adjacent to an activating group) is 1. The average Bonchev–Trinajstić information content (AvgIpc) is 3.31. The highest BCUT2D eigenvalue weighted by Gasteiger charge is 2.27. The number of rotatable bonds is 54. The normalized spacial score (nSPS) is 14.2. The number of unbranched alkanes of at least 4 members (excludes halogenated alkanes) is 35. The minimum absolute atomic E-state index is 0.0537. The molecule has 406 valence electrons. The number of hydrogen-bond donors (Lipinski definition) is 3. The molecular weight excluding hydrogens is 876 g/mol. The largest absolute Gasteiger partial charge is 0.472 e. The first-order valence-corrected chi connectivity index (χ1v) is 31.0. The Bertz CT molecular complexity index is 1260. The minimum atomic E-state index is -4.36. The van der Waals surface area contributed by atoms with Gasteiger partial charge in [0.2, 0.25) is 5.91 Å². The summed E-state index contributed by atoms with van der Waals surface area (Å²) in [5, 5.41) is 13.9. The second-order valence-corrected chi connectivity index (χ2v) is 22.8. The van der Waals surface area contributed by atoms with E-state index in [9.17, 15) is 19.4 Å². The molecule has 8 nitrogen and oxygen atoms in total. The second kappa shape index (κ2) is 51.4. The van der Waals surface area contributed by atoms with E-state index in [2.05, 4.69) is 55.6 Å². The highest BCUT2D eigenvalue weighted by atomic mass is 31.2. The highest BCUT2D eigenvalue weighted by molar-refractivity contribution is 7.47. The van der Waals surface area contributed by atoms with Crippen molar-refractivity contribution in [1.82, 2.24) is 5.32 Å². The first-order valence-electron chi connectivity index (χ1n) is 29.5. The van der Waals surface area contributed by atoms with Gasteiger partial charge in [-0.05, 0) is 70.6 Å². The number of carbonyl (C=O) groups is 1. The number of amides is 1. The standard InChI is InChI=1S/C60H115N2O6P/c1-6-8-10-12-14-16-18-20-22-24-26-28-29-30-31-32-33-34-36-38-40-42-44-46-48-50-52-54-60(64)61-58(57-68-69(65,66)67-56-55-62(3,4)5)59(63)53-51-49-47-45-43-41-39-37-35-27-25-23-21-19-17-15-13-11-9-7-2/h24,26,35,37,43,45,51,53,58-59,63H,6-23,25,27-34,36,38-42,44,46-50,52,54-57H2,1-5H3,(H-,61,64,65,66)/p+1/b26-24-,37-35+,45-43+,53-51+. The van der Waals surface area contributed by atoms with Crippen LogP contribution in [0.2, 0.25) is 0 Å². The molecule has 0 spiro atoms. The van der Waals surface area contributed by atoms with E-state index in [0.29, 0.717) is 17.4 Å². The SMILES string of the molecule is CCCCCCCCCC/C=C\CCCCCCCCCCCCCCCCCC(=O)NC(COP(=O)(O)OCC[N+](C)(C)C)C(O)/C=C/CC/C=C/CC/C=C/CCCCCCCCCCCC. The van der Waals surface area contributed by atoms with Gasteiger partial charge in [0.05, 0.1) is 39.9 Å². The Hall–Kier alpha value is -1.54. The van der Waals surface area contributed by atoms with Crippen LogP contribution in [0.5, 0.6) is 0 Å². The Kier molecular flexibility index (Phi) is 50.2. The first-order chi connectivity index (χ1) is 33.5. The van der Waals surface area contributed by atoms with Crippen molar-refractivity contribution in [3.63, 3.8) is 0 Å². The van der Waals surface area contributed by atoms with E-state index in [1.807, 2.05) is 27.2 Å². The van der Waals surface area contributed by atoms with E-state index in [4.69, 9.17) is 9.05 Å². The quantitative estimate of drug-likeness (QED) is 0.0243. The summed E-state index contributed by atoms with van der Waals surface area (Å²) < 4.78 is 23.7. The van der Waals surface area contributed by atoms with Crippen molar-refractivity contribution in [2.75, 3.05) is 40.9 Å². The second-order valence-electron chi connectivity index (χ2n) is 21.3. The van der Waals surface area contributed by atoms with E-state index in [1.54, 1.807) is 6.08 Å². The molecule has 0 radical (unpaired) electrons. The lowest BCUT2D eigenvalue weighted by molar-refractivity contribution is -0.870. The molecule has 0 aliphatic heterocycles. The van der Waals surface area contributed by atoms with Crippen molar-refractivity contribution >= 4 is 13.7 Å². The summed E-state index contributed by atoms with van der Waals surface area (Å²) in [4.78, 5) is 23.3. The van der Waals surface area contributed by atoms with E-state index < -0.39 is 20.0 Å². The van der Waals surface area contributed by atoms with Crippen molar-refractivity contribution in [3.8, 4) is 0 Å². The highest BCUT2D eigenvalue weighted by Crippen LogP contribution is 2.43. The van der Waals surface area contributed by atoms with Crippen LogP contribution in [0, 0.1) is 0 Å². The molecule has 1 amide bonds. The predicted molar refractivity (Wildman–Crippen MR) is 300 cm³/mol. The van der Waals surface area contributed by atoms with Crippen LogP contribution in [-0.2, 0) is 18.4 Å². The van der Waals surface area contributed by atoms with E-state index in [0.717, 1.165) is 44.9 Å². The molecule has 9 heteroatoms. The number of aliphatic hydroxyl groups is 1. The third kappa shape index (κ3) is 54.1. The maximum absolute atomic E-state index is 13.0. The predicted octanol–water partition coefficient (Wildman–Crippen LogP) is 17.9. The Morgan fingerprint density at radius 1 is 0.478 bits per heavy atom. The van der Waals surface area contributed by atoms with E-state index in [-0.39, 0.29) is 19.1 Å². The number of nitrogens with zero attached hydrogens (tertiary/aromatic N) is 1. The molecule has 0 aromatic rings. The summed E-state index contributed by atoms with van der Waals surface area (Å²) in [6, 6.07) is -0.870. The lowest BCUT2D eigenvalue weighted by Crippen LogP contribution is -2.45. The third-order valence-corrected chi connectivity index (χ3v) is 14.2. The molecule has 0 heterocycles. The van der Waals surface area contributed by atoms with Gasteiger partial charge in [-0.3, -0.25) is 13.8 Å². The molecule has 3 unspecified atom stereocenters. The fraction of sp³-hybridized carbons (Fsp3) is 0.850. The Morgan fingerprint density at radius 2 is 0.797 bits per heavy atom. The molecule has 0 fully saturated rings. The Labute approximate surface area is 429 Å². The summed E-state index contributed by atoms with van der Waals surface area (Å²) in [6.45, 7) is 4.81. The topological polar surface area (TPSA) is 105 Å². The van der Waals surface area contributed by atoms with Crippen molar-refractivity contribution < 1.29 is 32.9 Å². The molecule has 3 N–H and O–H groups in total. The van der Waals surface area contributed by atoms with Gasteiger partial charge in [-0.2, -0.15) is 0 Å². The third-order valence-electron chi connectivity index (χ3n) is 13.2. The van der Waals surface area contributed by atoms with Gasteiger partial charge in [-0.1, -0.05) is 249 Å². The maximum atomic E-state index is 13.0. The van der Waals surface area contributed by atoms with Crippen LogP contribution >= 0.6 is 7.82 Å². The van der Waals surface area contributed by atoms with Crippen LogP contribution in [0.25, 0.3) is 0 Å². The van der Waals surface area contributed by atoms with Gasteiger partial charge in [-0.25, -0.2) is 4.57 Å². The summed E-state index contributed by atoms with van der Waals surface area (Å²) in [5.74, 6) is -0.188. The monoisotopic (exact) mass is 992 g/mol. The Balaban J connectivity index is 4.22. The van der Waals surface area contributed by atoms with Crippen molar-refractivity contribution in [2.45, 2.75) is 289 Å². The number of hydrogen-bond acceptors (Lipinski definition) is 5. The van der Waals surface area contributed by atoms with Gasteiger partial charge in [0.25, 0.3) is 0 Å². The van der Waals surface area contributed by atoms with Crippen molar-refractivity contribution in [1.29, 1.82) is 0 Å². The molecule has 0 aliphatic rings. The molecule has 0 aromatic carbocycles. The maximum Gasteiger partial charge on any atom is 0.472 e. The molecule has 3 atom stereocenters. The lowest BCUT2D eigenvalue weighted by atomic mass is 10.0. The fourth-order valence-electron chi connectivity index (χ4n) is 8.60. The molecule has 0 saturated heterocycles. The summed E-state index contributed by atoms with van der Waals surface area (Å²) >= 11 is 0. The number of nitrogens with one attached hydrogen (secondary N) is 1. The van der Waals surface area contributed by atoms with Crippen LogP contribution in [0.1, 0.15) is 277 Å². The summed E-state index contributed by atoms with van der Waals surface area (Å²) in [5.41, 5.74) is 0. The van der Waals surface area contributed by atoms with Gasteiger partial charge in [-0.15, -0.1) is 0 Å². The fourth-order valence-corrected chi connectivity index (χ4v) is 9.34. The van der Waals surface area contributed by atoms with Gasteiger partial charge >= 0.3 is 7.82 Å². The zero-order chi connectivity index (χ0) is 50.6. The van der Waals surface area contributed by atoms with Gasteiger partial charge < -0.3 is 19.8 Å². The zero-order valence-corrected chi connectivity index (χ0v) is 47.2. The summed E-state index contributed by atoms with van der Waals surface area (Å²) in [7, 11) is 1.55. The van der Waals surface area contributed by atoms with Gasteiger partial charge in [0, 0.05) is 6.42 Å². The number of carbonyl (C=O) groups excluding carboxylic acids is 1. The molecule has 0 aliphatic carbocycles. The van der Waals surface area contributed by atoms with Crippen LogP contribution in [0.15, 0.2) is 48.6 Å². The summed E-state index contributed by atoms with van der Waals surface area (Å²) in [6.07, 6.45) is 67.9. The Morgan fingerprint density at radius 3 is 1.16 bits per heavy atom. The van der Waals surface area contributed by atoms with Gasteiger partial charge in [0.15, 0.2) is 0 Å². The number of quaternary nitrogens is 1. The van der Waals surface area contributed by atoms with Crippen LogP contribution in [0.4, 0.5) is 0 Å². The molecule has 69 heavy (non-hydrogen) atoms. The smallest absolute Gasteiger partial charge is 0.387 e. The van der Waals surface area contributed by atoms with Crippen LogP contribution in [-0.4, -0.2) is 73.4 Å². The number of allylic oxidation sites excluding steroid dienone is 7. The van der Waals surface area contributed by atoms with Crippen molar-refractivity contribution in [2.24, 2.45) is 0 Å². The van der Waals surface area contributed by atoms with Crippen LogP contribution < -0.4 is 5.32 Å². The molecular formula is C60H116N2O6P+. The van der Waals surface area contributed by atoms with Crippen LogP contribution in [0.3, 0.4) is 0 Å². The van der Waals surface area contributed by atoms with Gasteiger partial charge in [0.1, 0.15) is 13.2 Å². The molecule has 0 aromatic heterocycles. The average molecular weight is 993 g/mol. The van der Waals surface area contributed by atoms with Crippen molar-refractivity contribution in [3.05, 3.63) is 48.6 Å². The lowest BCUT2D eigenvalue weighted by Gasteiger charge is -2.25. The molecule has 0 bridgehead atoms. The van der Waals surface area contributed by atoms with E-state index in [1.165, 1.54) is 212 Å². The first kappa shape index (κ1) is 67.5. The van der Waals surface area contributed by atoms with E-state index >= 15 is 0 Å². The number of phosphoric ester groups is 1. The molecule has 0 saturated carbocycles. The zero-order valence-electron chi connectivity index (χ0n) is 46.3. The minimum Gasteiger partial charge on any atom is -0.387 e.